The van der Waals surface area contributed by atoms with Crippen LogP contribution in [0.1, 0.15) is 35.2 Å². The molecule has 102 valence electrons. The molecule has 1 aromatic rings. The summed E-state index contributed by atoms with van der Waals surface area (Å²) in [5.41, 5.74) is 1.56. The lowest BCUT2D eigenvalue weighted by atomic mass is 10.1. The molecule has 0 atom stereocenters. The first kappa shape index (κ1) is 14.1. The van der Waals surface area contributed by atoms with Crippen LogP contribution < -0.4 is 0 Å². The molecule has 0 aliphatic heterocycles. The van der Waals surface area contributed by atoms with Crippen LogP contribution in [0.5, 0.6) is 0 Å². The molecule has 1 N–H and O–H groups in total. The number of carbonyl (C=O) groups is 2. The van der Waals surface area contributed by atoms with Gasteiger partial charge >= 0.3 is 5.97 Å². The van der Waals surface area contributed by atoms with Gasteiger partial charge in [-0.1, -0.05) is 15.9 Å². The third kappa shape index (κ3) is 3.56. The lowest BCUT2D eigenvalue weighted by Crippen LogP contribution is -2.35. The smallest absolute Gasteiger partial charge is 0.305 e. The van der Waals surface area contributed by atoms with E-state index >= 15 is 0 Å². The minimum Gasteiger partial charge on any atom is -0.481 e. The van der Waals surface area contributed by atoms with Gasteiger partial charge in [-0.05, 0) is 43.5 Å². The van der Waals surface area contributed by atoms with Crippen LogP contribution in [0.2, 0.25) is 0 Å². The first-order valence-electron chi connectivity index (χ1n) is 6.28. The molecular formula is C14H16BrNO3. The van der Waals surface area contributed by atoms with Crippen molar-refractivity contribution < 1.29 is 14.7 Å². The summed E-state index contributed by atoms with van der Waals surface area (Å²) in [6, 6.07) is 5.74. The van der Waals surface area contributed by atoms with E-state index in [1.807, 2.05) is 19.1 Å². The number of aliphatic carboxylic acids is 1. The Morgan fingerprint density at radius 1 is 1.42 bits per heavy atom. The average molecular weight is 326 g/mol. The van der Waals surface area contributed by atoms with Gasteiger partial charge in [-0.15, -0.1) is 0 Å². The second-order valence-corrected chi connectivity index (χ2v) is 5.75. The van der Waals surface area contributed by atoms with Crippen LogP contribution in [0, 0.1) is 6.92 Å². The van der Waals surface area contributed by atoms with E-state index < -0.39 is 5.97 Å². The van der Waals surface area contributed by atoms with Gasteiger partial charge in [0.1, 0.15) is 0 Å². The number of hydrogen-bond acceptors (Lipinski definition) is 2. The maximum absolute atomic E-state index is 12.5. The molecule has 1 fully saturated rings. The van der Waals surface area contributed by atoms with Crippen LogP contribution in [0.4, 0.5) is 0 Å². The minimum absolute atomic E-state index is 0.00217. The molecule has 1 saturated carbocycles. The minimum atomic E-state index is -0.869. The summed E-state index contributed by atoms with van der Waals surface area (Å²) >= 11 is 3.37. The third-order valence-electron chi connectivity index (χ3n) is 3.23. The highest BCUT2D eigenvalue weighted by molar-refractivity contribution is 9.10. The van der Waals surface area contributed by atoms with E-state index in [1.165, 1.54) is 0 Å². The van der Waals surface area contributed by atoms with Gasteiger partial charge in [0.05, 0.1) is 6.42 Å². The quantitative estimate of drug-likeness (QED) is 0.905. The summed E-state index contributed by atoms with van der Waals surface area (Å²) in [4.78, 5) is 24.9. The highest BCUT2D eigenvalue weighted by Gasteiger charge is 2.33. The van der Waals surface area contributed by atoms with Crippen LogP contribution >= 0.6 is 15.9 Å². The third-order valence-corrected chi connectivity index (χ3v) is 3.73. The Kier molecular flexibility index (Phi) is 4.24. The molecule has 1 aliphatic carbocycles. The maximum Gasteiger partial charge on any atom is 0.305 e. The summed E-state index contributed by atoms with van der Waals surface area (Å²) in [6.45, 7) is 2.18. The Bertz CT molecular complexity index is 511. The Hall–Kier alpha value is -1.36. The summed E-state index contributed by atoms with van der Waals surface area (Å²) in [5.74, 6) is -0.931. The average Bonchev–Trinajstić information content (AvgIpc) is 3.13. The van der Waals surface area contributed by atoms with E-state index in [0.717, 1.165) is 22.9 Å². The van der Waals surface area contributed by atoms with Gasteiger partial charge in [-0.3, -0.25) is 9.59 Å². The van der Waals surface area contributed by atoms with Crippen molar-refractivity contribution >= 4 is 27.8 Å². The van der Waals surface area contributed by atoms with Crippen molar-refractivity contribution in [2.75, 3.05) is 6.54 Å². The molecule has 4 nitrogen and oxygen atoms in total. The van der Waals surface area contributed by atoms with Gasteiger partial charge in [-0.2, -0.15) is 0 Å². The number of nitrogens with zero attached hydrogens (tertiary/aromatic N) is 1. The molecule has 0 unspecified atom stereocenters. The number of halogens is 1. The first-order valence-corrected chi connectivity index (χ1v) is 7.07. The van der Waals surface area contributed by atoms with Crippen molar-refractivity contribution in [3.8, 4) is 0 Å². The van der Waals surface area contributed by atoms with Crippen molar-refractivity contribution in [2.24, 2.45) is 0 Å². The lowest BCUT2D eigenvalue weighted by molar-refractivity contribution is -0.137. The molecule has 0 radical (unpaired) electrons. The van der Waals surface area contributed by atoms with Crippen molar-refractivity contribution in [1.29, 1.82) is 0 Å². The number of aryl methyl sites for hydroxylation is 1. The van der Waals surface area contributed by atoms with Crippen LogP contribution in [-0.2, 0) is 4.79 Å². The number of carboxylic acids is 1. The largest absolute Gasteiger partial charge is 0.481 e. The molecule has 0 bridgehead atoms. The number of benzene rings is 1. The summed E-state index contributed by atoms with van der Waals surface area (Å²) in [7, 11) is 0. The molecule has 0 aromatic heterocycles. The monoisotopic (exact) mass is 325 g/mol. The van der Waals surface area contributed by atoms with Crippen LogP contribution in [0.3, 0.4) is 0 Å². The summed E-state index contributed by atoms with van der Waals surface area (Å²) < 4.78 is 0.935. The van der Waals surface area contributed by atoms with Gasteiger partial charge in [0.25, 0.3) is 5.91 Å². The summed E-state index contributed by atoms with van der Waals surface area (Å²) in [6.07, 6.45) is 1.94. The van der Waals surface area contributed by atoms with E-state index in [0.29, 0.717) is 5.56 Å². The van der Waals surface area contributed by atoms with Crippen LogP contribution in [0.25, 0.3) is 0 Å². The van der Waals surface area contributed by atoms with E-state index in [4.69, 9.17) is 5.11 Å². The number of carbonyl (C=O) groups excluding carboxylic acids is 1. The predicted octanol–water partition coefficient (Wildman–Crippen LogP) is 2.84. The van der Waals surface area contributed by atoms with E-state index in [2.05, 4.69) is 15.9 Å². The molecule has 1 aliphatic rings. The maximum atomic E-state index is 12.5. The van der Waals surface area contributed by atoms with Crippen molar-refractivity contribution in [1.82, 2.24) is 4.90 Å². The van der Waals surface area contributed by atoms with Crippen molar-refractivity contribution in [3.63, 3.8) is 0 Å². The standard InChI is InChI=1S/C14H16BrNO3/c1-9-8-10(15)2-5-12(9)14(19)16(11-3-4-11)7-6-13(17)18/h2,5,8,11H,3-4,6-7H2,1H3,(H,17,18). The number of amides is 1. The van der Waals surface area contributed by atoms with Gasteiger partial charge in [0.15, 0.2) is 0 Å². The summed E-state index contributed by atoms with van der Waals surface area (Å²) in [5, 5.41) is 8.76. The zero-order valence-electron chi connectivity index (χ0n) is 10.7. The zero-order chi connectivity index (χ0) is 14.0. The number of carboxylic acid groups (broad SMARTS) is 1. The molecule has 0 spiro atoms. The SMILES string of the molecule is Cc1cc(Br)ccc1C(=O)N(CCC(=O)O)C1CC1. The normalized spacial score (nSPS) is 14.2. The molecule has 19 heavy (non-hydrogen) atoms. The lowest BCUT2D eigenvalue weighted by Gasteiger charge is -2.22. The number of rotatable bonds is 5. The van der Waals surface area contributed by atoms with Gasteiger partial charge in [0, 0.05) is 22.6 Å². The van der Waals surface area contributed by atoms with Crippen LogP contribution in [0.15, 0.2) is 22.7 Å². The molecule has 1 amide bonds. The molecule has 5 heteroatoms. The van der Waals surface area contributed by atoms with E-state index in [-0.39, 0.29) is 24.9 Å². The first-order chi connectivity index (χ1) is 8.99. The highest BCUT2D eigenvalue weighted by atomic mass is 79.9. The molecule has 1 aromatic carbocycles. The molecule has 0 heterocycles. The number of hydrogen-bond donors (Lipinski definition) is 1. The fraction of sp³-hybridized carbons (Fsp3) is 0.429. The fourth-order valence-electron chi connectivity index (χ4n) is 2.07. The topological polar surface area (TPSA) is 57.6 Å². The Morgan fingerprint density at radius 3 is 2.63 bits per heavy atom. The van der Waals surface area contributed by atoms with E-state index in [9.17, 15) is 9.59 Å². The second-order valence-electron chi connectivity index (χ2n) is 4.83. The van der Waals surface area contributed by atoms with Crippen molar-refractivity contribution in [3.05, 3.63) is 33.8 Å². The molecule has 2 rings (SSSR count). The van der Waals surface area contributed by atoms with Gasteiger partial charge in [0.2, 0.25) is 0 Å². The van der Waals surface area contributed by atoms with E-state index in [1.54, 1.807) is 11.0 Å². The highest BCUT2D eigenvalue weighted by Crippen LogP contribution is 2.29. The Morgan fingerprint density at radius 2 is 2.11 bits per heavy atom. The fourth-order valence-corrected chi connectivity index (χ4v) is 2.55. The molecule has 0 saturated heterocycles. The van der Waals surface area contributed by atoms with Gasteiger partial charge in [-0.25, -0.2) is 0 Å². The Balaban J connectivity index is 2.16. The van der Waals surface area contributed by atoms with Crippen molar-refractivity contribution in [2.45, 2.75) is 32.2 Å². The zero-order valence-corrected chi connectivity index (χ0v) is 12.3. The van der Waals surface area contributed by atoms with Gasteiger partial charge < -0.3 is 10.0 Å². The van der Waals surface area contributed by atoms with Crippen LogP contribution in [-0.4, -0.2) is 34.5 Å². The Labute approximate surface area is 120 Å². The predicted molar refractivity (Wildman–Crippen MR) is 75.2 cm³/mol. The second kappa shape index (κ2) is 5.74. The molecular weight excluding hydrogens is 310 g/mol.